The van der Waals surface area contributed by atoms with Gasteiger partial charge >= 0.3 is 0 Å². The monoisotopic (exact) mass is 403 g/mol. The molecule has 0 bridgehead atoms. The van der Waals surface area contributed by atoms with Crippen molar-refractivity contribution < 1.29 is 13.0 Å². The fourth-order valence-electron chi connectivity index (χ4n) is 6.09. The molecule has 0 aliphatic heterocycles. The van der Waals surface area contributed by atoms with Crippen LogP contribution in [0, 0.1) is 0 Å². The van der Waals surface area contributed by atoms with Crippen molar-refractivity contribution in [1.29, 1.82) is 0 Å². The van der Waals surface area contributed by atoms with Crippen LogP contribution in [0.15, 0.2) is 17.0 Å². The van der Waals surface area contributed by atoms with Gasteiger partial charge < -0.3 is 4.55 Å². The first-order valence-electron chi connectivity index (χ1n) is 11.7. The van der Waals surface area contributed by atoms with E-state index in [2.05, 4.69) is 12.1 Å². The smallest absolute Gasteiger partial charge is 0.124 e. The second-order valence-electron chi connectivity index (χ2n) is 9.49. The molecule has 0 unspecified atom stereocenters. The van der Waals surface area contributed by atoms with Crippen molar-refractivity contribution >= 4 is 10.1 Å². The Morgan fingerprint density at radius 3 is 1.32 bits per heavy atom. The highest BCUT2D eigenvalue weighted by molar-refractivity contribution is 7.85. The molecule has 4 heteroatoms. The molecule has 0 aromatic heterocycles. The third-order valence-corrected chi connectivity index (χ3v) is 8.56. The Morgan fingerprint density at radius 1 is 0.607 bits per heavy atom. The summed E-state index contributed by atoms with van der Waals surface area (Å²) in [6.45, 7) is 0. The second kappa shape index (κ2) is 8.87. The molecule has 0 N–H and O–H groups in total. The number of hydrogen-bond donors (Lipinski definition) is 0. The molecule has 0 amide bonds. The molecule has 1 aromatic carbocycles. The van der Waals surface area contributed by atoms with E-state index in [0.29, 0.717) is 5.92 Å². The Morgan fingerprint density at radius 2 is 0.964 bits per heavy atom. The maximum absolute atomic E-state index is 12.5. The Labute approximate surface area is 171 Å². The van der Waals surface area contributed by atoms with Gasteiger partial charge in [0.2, 0.25) is 0 Å². The number of rotatable bonds is 4. The van der Waals surface area contributed by atoms with E-state index in [4.69, 9.17) is 0 Å². The fourth-order valence-corrected chi connectivity index (χ4v) is 7.12. The van der Waals surface area contributed by atoms with Gasteiger partial charge in [-0.3, -0.25) is 0 Å². The van der Waals surface area contributed by atoms with Gasteiger partial charge in [-0.15, -0.1) is 0 Å². The summed E-state index contributed by atoms with van der Waals surface area (Å²) in [4.78, 5) is 0.186. The summed E-state index contributed by atoms with van der Waals surface area (Å²) in [5, 5.41) is 0. The maximum Gasteiger partial charge on any atom is 0.124 e. The molecule has 3 aliphatic rings. The quantitative estimate of drug-likeness (QED) is 0.523. The van der Waals surface area contributed by atoms with Gasteiger partial charge in [-0.2, -0.15) is 0 Å². The predicted octanol–water partition coefficient (Wildman–Crippen LogP) is 6.73. The zero-order valence-corrected chi connectivity index (χ0v) is 17.9. The van der Waals surface area contributed by atoms with E-state index in [0.717, 1.165) is 62.5 Å². The standard InChI is InChI=1S/C24H36O3S/c25-28(26,27)24-22(19-12-6-2-7-13-19)16-21(18-10-4-1-5-11-18)17-23(24)20-14-8-3-9-15-20/h16-20H,1-15H2,(H,25,26,27)/p-1. The molecule has 0 radical (unpaired) electrons. The van der Waals surface area contributed by atoms with E-state index in [9.17, 15) is 13.0 Å². The predicted molar refractivity (Wildman–Crippen MR) is 112 cm³/mol. The van der Waals surface area contributed by atoms with Crippen molar-refractivity contribution in [3.63, 3.8) is 0 Å². The minimum Gasteiger partial charge on any atom is -0.744 e. The van der Waals surface area contributed by atoms with E-state index in [1.54, 1.807) is 0 Å². The van der Waals surface area contributed by atoms with Crippen LogP contribution in [-0.2, 0) is 10.1 Å². The summed E-state index contributed by atoms with van der Waals surface area (Å²) >= 11 is 0. The van der Waals surface area contributed by atoms with Crippen LogP contribution in [0.1, 0.15) is 131 Å². The summed E-state index contributed by atoms with van der Waals surface area (Å²) < 4.78 is 37.5. The van der Waals surface area contributed by atoms with Crippen molar-refractivity contribution in [3.8, 4) is 0 Å². The first-order valence-corrected chi connectivity index (χ1v) is 13.1. The second-order valence-corrected chi connectivity index (χ2v) is 10.8. The zero-order valence-electron chi connectivity index (χ0n) is 17.1. The lowest BCUT2D eigenvalue weighted by Crippen LogP contribution is -2.18. The molecule has 0 atom stereocenters. The van der Waals surface area contributed by atoms with E-state index in [-0.39, 0.29) is 16.7 Å². The SMILES string of the molecule is O=S(=O)([O-])c1c(C2CCCCC2)cc(C2CCCCC2)cc1C1CCCCC1. The van der Waals surface area contributed by atoms with Crippen LogP contribution >= 0.6 is 0 Å². The van der Waals surface area contributed by atoms with Crippen LogP contribution in [0.3, 0.4) is 0 Å². The van der Waals surface area contributed by atoms with Crippen LogP contribution in [0.25, 0.3) is 0 Å². The van der Waals surface area contributed by atoms with Gasteiger partial charge in [-0.1, -0.05) is 69.9 Å². The Kier molecular flexibility index (Phi) is 6.46. The molecule has 3 aliphatic carbocycles. The fraction of sp³-hybridized carbons (Fsp3) is 0.750. The van der Waals surface area contributed by atoms with Crippen molar-refractivity contribution in [2.24, 2.45) is 0 Å². The molecule has 28 heavy (non-hydrogen) atoms. The minimum absolute atomic E-state index is 0.186. The maximum atomic E-state index is 12.5. The van der Waals surface area contributed by atoms with Crippen LogP contribution in [0.5, 0.6) is 0 Å². The molecule has 0 spiro atoms. The highest BCUT2D eigenvalue weighted by Crippen LogP contribution is 2.45. The molecule has 4 rings (SSSR count). The average Bonchev–Trinajstić information content (AvgIpc) is 2.74. The molecule has 156 valence electrons. The molecule has 3 fully saturated rings. The van der Waals surface area contributed by atoms with Gasteiger partial charge in [-0.05, 0) is 73.0 Å². The molecular weight excluding hydrogens is 368 g/mol. The van der Waals surface area contributed by atoms with Gasteiger partial charge in [0.05, 0.1) is 4.90 Å². The lowest BCUT2D eigenvalue weighted by Gasteiger charge is -2.33. The number of hydrogen-bond acceptors (Lipinski definition) is 3. The third kappa shape index (κ3) is 4.48. The molecule has 3 saturated carbocycles. The van der Waals surface area contributed by atoms with Crippen molar-refractivity contribution in [2.45, 2.75) is 119 Å². The normalized spacial score (nSPS) is 23.8. The van der Waals surface area contributed by atoms with Gasteiger partial charge in [-0.25, -0.2) is 8.42 Å². The van der Waals surface area contributed by atoms with Gasteiger partial charge in [0.15, 0.2) is 0 Å². The highest BCUT2D eigenvalue weighted by atomic mass is 32.2. The Balaban J connectivity index is 1.84. The largest absolute Gasteiger partial charge is 0.744 e. The first kappa shape index (κ1) is 20.4. The summed E-state index contributed by atoms with van der Waals surface area (Å²) in [6.07, 6.45) is 17.4. The van der Waals surface area contributed by atoms with Crippen LogP contribution in [0.4, 0.5) is 0 Å². The van der Waals surface area contributed by atoms with E-state index >= 15 is 0 Å². The molecule has 0 saturated heterocycles. The van der Waals surface area contributed by atoms with Crippen LogP contribution in [-0.4, -0.2) is 13.0 Å². The summed E-state index contributed by atoms with van der Waals surface area (Å²) in [5.41, 5.74) is 3.10. The summed E-state index contributed by atoms with van der Waals surface area (Å²) in [5.74, 6) is 1.04. The topological polar surface area (TPSA) is 57.2 Å². The van der Waals surface area contributed by atoms with Crippen LogP contribution < -0.4 is 0 Å². The minimum atomic E-state index is -4.46. The van der Waals surface area contributed by atoms with Gasteiger partial charge in [0.25, 0.3) is 0 Å². The van der Waals surface area contributed by atoms with E-state index < -0.39 is 10.1 Å². The lowest BCUT2D eigenvalue weighted by molar-refractivity contribution is 0.411. The third-order valence-electron chi connectivity index (χ3n) is 7.59. The lowest BCUT2D eigenvalue weighted by atomic mass is 9.76. The van der Waals surface area contributed by atoms with Crippen molar-refractivity contribution in [1.82, 2.24) is 0 Å². The molecular formula is C24H35O3S-. The van der Waals surface area contributed by atoms with Gasteiger partial charge in [0, 0.05) is 0 Å². The van der Waals surface area contributed by atoms with E-state index in [1.807, 2.05) is 0 Å². The number of benzene rings is 1. The zero-order chi connectivity index (χ0) is 19.6. The van der Waals surface area contributed by atoms with E-state index in [1.165, 1.54) is 50.5 Å². The molecule has 0 heterocycles. The van der Waals surface area contributed by atoms with Crippen molar-refractivity contribution in [2.75, 3.05) is 0 Å². The molecule has 3 nitrogen and oxygen atoms in total. The highest BCUT2D eigenvalue weighted by Gasteiger charge is 2.29. The molecule has 1 aromatic rings. The summed E-state index contributed by atoms with van der Waals surface area (Å²) in [7, 11) is -4.46. The van der Waals surface area contributed by atoms with Crippen molar-refractivity contribution in [3.05, 3.63) is 28.8 Å². The first-order chi connectivity index (χ1) is 13.5. The Bertz CT molecular complexity index is 726. The Hall–Kier alpha value is -0.870. The van der Waals surface area contributed by atoms with Crippen LogP contribution in [0.2, 0.25) is 0 Å². The van der Waals surface area contributed by atoms with Gasteiger partial charge in [0.1, 0.15) is 10.1 Å². The summed E-state index contributed by atoms with van der Waals surface area (Å²) in [6, 6.07) is 4.31. The average molecular weight is 404 g/mol.